The first-order valence-corrected chi connectivity index (χ1v) is 5.52. The fourth-order valence-corrected chi connectivity index (χ4v) is 1.98. The number of benzene rings is 1. The molecule has 1 saturated carbocycles. The Morgan fingerprint density at radius 3 is 2.50 bits per heavy atom. The number of rotatable bonds is 1. The Labute approximate surface area is 92.8 Å². The second kappa shape index (κ2) is 3.35. The van der Waals surface area contributed by atoms with Gasteiger partial charge in [0.1, 0.15) is 0 Å². The molecule has 3 rings (SSSR count). The molecule has 1 aliphatic heterocycles. The van der Waals surface area contributed by atoms with Gasteiger partial charge in [-0.1, -0.05) is 0 Å². The molecule has 1 aromatic rings. The largest absolute Gasteiger partial charge is 0.489 e. The highest BCUT2D eigenvalue weighted by molar-refractivity contribution is 5.52. The van der Waals surface area contributed by atoms with Gasteiger partial charge in [0.15, 0.2) is 17.3 Å². The summed E-state index contributed by atoms with van der Waals surface area (Å²) in [4.78, 5) is 0. The van der Waals surface area contributed by atoms with E-state index in [0.29, 0.717) is 37.4 Å². The summed E-state index contributed by atoms with van der Waals surface area (Å²) in [5.41, 5.74) is -0.170. The van der Waals surface area contributed by atoms with E-state index in [2.05, 4.69) is 0 Å². The summed E-state index contributed by atoms with van der Waals surface area (Å²) in [6, 6.07) is 2.93. The molecule has 0 unspecified atom stereocenters. The van der Waals surface area contributed by atoms with Gasteiger partial charge in [0.25, 0.3) is 0 Å². The quantitative estimate of drug-likeness (QED) is 0.792. The third-order valence-corrected chi connectivity index (χ3v) is 3.07. The molecule has 0 amide bonds. The Bertz CT molecular complexity index is 427. The van der Waals surface area contributed by atoms with Gasteiger partial charge in [-0.15, -0.1) is 0 Å². The molecule has 0 radical (unpaired) electrons. The van der Waals surface area contributed by atoms with Crippen molar-refractivity contribution >= 4 is 0 Å². The maximum atomic E-state index is 13.6. The van der Waals surface area contributed by atoms with E-state index >= 15 is 0 Å². The molecule has 4 heteroatoms. The van der Waals surface area contributed by atoms with Crippen LogP contribution in [0.5, 0.6) is 11.5 Å². The maximum absolute atomic E-state index is 13.6. The van der Waals surface area contributed by atoms with Crippen LogP contribution < -0.4 is 9.47 Å². The Hall–Kier alpha value is -1.29. The summed E-state index contributed by atoms with van der Waals surface area (Å²) in [6.45, 7) is 0.950. The lowest BCUT2D eigenvalue weighted by molar-refractivity contribution is 0.145. The molecule has 1 N–H and O–H groups in total. The van der Waals surface area contributed by atoms with Crippen LogP contribution in [0.4, 0.5) is 4.39 Å². The van der Waals surface area contributed by atoms with Crippen molar-refractivity contribution < 1.29 is 19.0 Å². The standard InChI is InChI=1S/C12H13FO3/c13-9-3-2-8(12(14)4-5-12)10-11(9)16-7-1-6-15-10/h2-3,14H,1,4-7H2. The topological polar surface area (TPSA) is 38.7 Å². The molecule has 2 aliphatic rings. The van der Waals surface area contributed by atoms with Crippen molar-refractivity contribution in [1.82, 2.24) is 0 Å². The summed E-state index contributed by atoms with van der Waals surface area (Å²) in [5.74, 6) is 0.109. The molecular formula is C12H13FO3. The number of halogens is 1. The van der Waals surface area contributed by atoms with Crippen LogP contribution >= 0.6 is 0 Å². The van der Waals surface area contributed by atoms with E-state index in [0.717, 1.165) is 6.42 Å². The molecule has 0 saturated heterocycles. The lowest BCUT2D eigenvalue weighted by Crippen LogP contribution is -2.08. The Kier molecular flexibility index (Phi) is 2.07. The monoisotopic (exact) mass is 224 g/mol. The summed E-state index contributed by atoms with van der Waals surface area (Å²) in [5, 5.41) is 10.1. The zero-order valence-corrected chi connectivity index (χ0v) is 8.83. The van der Waals surface area contributed by atoms with Gasteiger partial charge in [-0.05, 0) is 25.0 Å². The van der Waals surface area contributed by atoms with Crippen molar-refractivity contribution in [3.8, 4) is 11.5 Å². The Morgan fingerprint density at radius 1 is 1.12 bits per heavy atom. The van der Waals surface area contributed by atoms with Crippen molar-refractivity contribution in [3.63, 3.8) is 0 Å². The van der Waals surface area contributed by atoms with Crippen LogP contribution in [0.2, 0.25) is 0 Å². The first-order chi connectivity index (χ1) is 7.71. The SMILES string of the molecule is OC1(c2ccc(F)c3c2OCCCO3)CC1. The number of aliphatic hydroxyl groups is 1. The lowest BCUT2D eigenvalue weighted by Gasteiger charge is -2.16. The average Bonchev–Trinajstić information content (AvgIpc) is 3.03. The highest BCUT2D eigenvalue weighted by atomic mass is 19.1. The van der Waals surface area contributed by atoms with Gasteiger partial charge in [-0.25, -0.2) is 4.39 Å². The highest BCUT2D eigenvalue weighted by Crippen LogP contribution is 2.51. The van der Waals surface area contributed by atoms with Gasteiger partial charge in [-0.3, -0.25) is 0 Å². The molecule has 1 aromatic carbocycles. The van der Waals surface area contributed by atoms with Crippen molar-refractivity contribution in [2.24, 2.45) is 0 Å². The molecule has 0 aromatic heterocycles. The number of hydrogen-bond donors (Lipinski definition) is 1. The molecule has 0 bridgehead atoms. The molecule has 1 aliphatic carbocycles. The number of fused-ring (bicyclic) bond motifs is 1. The van der Waals surface area contributed by atoms with Gasteiger partial charge in [0, 0.05) is 12.0 Å². The molecule has 86 valence electrons. The van der Waals surface area contributed by atoms with E-state index in [4.69, 9.17) is 9.47 Å². The summed E-state index contributed by atoms with van der Waals surface area (Å²) < 4.78 is 24.4. The van der Waals surface area contributed by atoms with Crippen molar-refractivity contribution in [2.75, 3.05) is 13.2 Å². The summed E-state index contributed by atoms with van der Waals surface area (Å²) in [6.07, 6.45) is 2.13. The molecule has 3 nitrogen and oxygen atoms in total. The molecule has 0 spiro atoms. The zero-order chi connectivity index (χ0) is 11.2. The second-order valence-electron chi connectivity index (χ2n) is 4.34. The summed E-state index contributed by atoms with van der Waals surface area (Å²) in [7, 11) is 0. The van der Waals surface area contributed by atoms with Gasteiger partial charge < -0.3 is 14.6 Å². The third-order valence-electron chi connectivity index (χ3n) is 3.07. The lowest BCUT2D eigenvalue weighted by atomic mass is 10.1. The minimum atomic E-state index is -0.828. The predicted octanol–water partition coefficient (Wildman–Crippen LogP) is 1.97. The molecule has 1 fully saturated rings. The third kappa shape index (κ3) is 1.45. The summed E-state index contributed by atoms with van der Waals surface area (Å²) >= 11 is 0. The maximum Gasteiger partial charge on any atom is 0.197 e. The number of hydrogen-bond acceptors (Lipinski definition) is 3. The Balaban J connectivity index is 2.13. The molecule has 0 atom stereocenters. The highest BCUT2D eigenvalue weighted by Gasteiger charge is 2.45. The van der Waals surface area contributed by atoms with E-state index in [1.54, 1.807) is 6.07 Å². The van der Waals surface area contributed by atoms with Gasteiger partial charge in [0.05, 0.1) is 18.8 Å². The van der Waals surface area contributed by atoms with Crippen LogP contribution in [0.25, 0.3) is 0 Å². The first kappa shape index (κ1) is 9.90. The van der Waals surface area contributed by atoms with Gasteiger partial charge in [-0.2, -0.15) is 0 Å². The smallest absolute Gasteiger partial charge is 0.197 e. The van der Waals surface area contributed by atoms with Gasteiger partial charge >= 0.3 is 0 Å². The Morgan fingerprint density at radius 2 is 1.81 bits per heavy atom. The fourth-order valence-electron chi connectivity index (χ4n) is 1.98. The van der Waals surface area contributed by atoms with Crippen LogP contribution in [0.1, 0.15) is 24.8 Å². The first-order valence-electron chi connectivity index (χ1n) is 5.52. The minimum absolute atomic E-state index is 0.148. The van der Waals surface area contributed by atoms with Crippen molar-refractivity contribution in [2.45, 2.75) is 24.9 Å². The van der Waals surface area contributed by atoms with Crippen LogP contribution in [-0.2, 0) is 5.60 Å². The fraction of sp³-hybridized carbons (Fsp3) is 0.500. The molecule has 16 heavy (non-hydrogen) atoms. The molecule has 1 heterocycles. The molecular weight excluding hydrogens is 211 g/mol. The van der Waals surface area contributed by atoms with E-state index < -0.39 is 11.4 Å². The van der Waals surface area contributed by atoms with E-state index in [1.807, 2.05) is 0 Å². The van der Waals surface area contributed by atoms with Crippen LogP contribution in [0.15, 0.2) is 12.1 Å². The van der Waals surface area contributed by atoms with Crippen LogP contribution in [0.3, 0.4) is 0 Å². The van der Waals surface area contributed by atoms with E-state index in [1.165, 1.54) is 6.07 Å². The van der Waals surface area contributed by atoms with Crippen LogP contribution in [0, 0.1) is 5.82 Å². The van der Waals surface area contributed by atoms with Gasteiger partial charge in [0.2, 0.25) is 0 Å². The van der Waals surface area contributed by atoms with E-state index in [-0.39, 0.29) is 5.75 Å². The predicted molar refractivity (Wildman–Crippen MR) is 55.1 cm³/mol. The number of ether oxygens (including phenoxy) is 2. The average molecular weight is 224 g/mol. The van der Waals surface area contributed by atoms with Crippen LogP contribution in [-0.4, -0.2) is 18.3 Å². The zero-order valence-electron chi connectivity index (χ0n) is 8.83. The van der Waals surface area contributed by atoms with Crippen molar-refractivity contribution in [1.29, 1.82) is 0 Å². The van der Waals surface area contributed by atoms with E-state index in [9.17, 15) is 9.50 Å². The second-order valence-corrected chi connectivity index (χ2v) is 4.34. The minimum Gasteiger partial charge on any atom is -0.489 e. The van der Waals surface area contributed by atoms with Crippen molar-refractivity contribution in [3.05, 3.63) is 23.5 Å². The normalized spacial score (nSPS) is 21.4.